The average Bonchev–Trinajstić information content (AvgIpc) is 3.13. The minimum atomic E-state index is 0.373. The summed E-state index contributed by atoms with van der Waals surface area (Å²) in [6.07, 6.45) is 19.4. The molecule has 0 aliphatic heterocycles. The van der Waals surface area contributed by atoms with Crippen molar-refractivity contribution in [3.63, 3.8) is 0 Å². The molecular weight excluding hydrogens is 228 g/mol. The average molecular weight is 244 g/mol. The summed E-state index contributed by atoms with van der Waals surface area (Å²) in [6, 6.07) is 10.3. The number of hydrogen-bond acceptors (Lipinski definition) is 0. The third-order valence-electron chi connectivity index (χ3n) is 3.42. The van der Waals surface area contributed by atoms with Gasteiger partial charge in [0.2, 0.25) is 0 Å². The number of benzene rings is 1. The largest absolute Gasteiger partial charge is 0.119 e. The molecule has 0 aromatic heterocycles. The van der Waals surface area contributed by atoms with Crippen molar-refractivity contribution in [2.45, 2.75) is 0 Å². The summed E-state index contributed by atoms with van der Waals surface area (Å²) in [7, 11) is 0. The van der Waals surface area contributed by atoms with Crippen molar-refractivity contribution in [2.75, 3.05) is 0 Å². The highest BCUT2D eigenvalue weighted by Gasteiger charge is 2.17. The van der Waals surface area contributed by atoms with E-state index in [2.05, 4.69) is 84.7 Å². The molecule has 0 amide bonds. The molecule has 0 saturated carbocycles. The fraction of sp³-hybridized carbons (Fsp3) is 0.105. The first-order valence-electron chi connectivity index (χ1n) is 6.65. The number of allylic oxidation sites excluding steroid dienone is 9. The van der Waals surface area contributed by atoms with Crippen molar-refractivity contribution in [1.82, 2.24) is 0 Å². The van der Waals surface area contributed by atoms with Crippen LogP contribution >= 0.6 is 0 Å². The Morgan fingerprint density at radius 2 is 1.32 bits per heavy atom. The molecule has 0 nitrogen and oxygen atoms in total. The van der Waals surface area contributed by atoms with Gasteiger partial charge >= 0.3 is 0 Å². The molecule has 1 aromatic rings. The molecule has 92 valence electrons. The van der Waals surface area contributed by atoms with E-state index >= 15 is 0 Å². The van der Waals surface area contributed by atoms with Gasteiger partial charge in [0.15, 0.2) is 0 Å². The lowest BCUT2D eigenvalue weighted by molar-refractivity contribution is 0.839. The molecule has 0 fully saturated rings. The standard InChI is InChI=1S/C19H16/c1-2-8-16(9-3-1)14-15-19(17-10-4-5-11-17)18-12-6-7-13-18/h1-14,17-18H. The second-order valence-corrected chi connectivity index (χ2v) is 4.75. The van der Waals surface area contributed by atoms with Gasteiger partial charge in [0.05, 0.1) is 0 Å². The van der Waals surface area contributed by atoms with E-state index in [9.17, 15) is 0 Å². The zero-order valence-electron chi connectivity index (χ0n) is 10.7. The van der Waals surface area contributed by atoms with E-state index in [1.165, 1.54) is 11.1 Å². The van der Waals surface area contributed by atoms with Crippen LogP contribution in [0.1, 0.15) is 5.56 Å². The molecule has 0 unspecified atom stereocenters. The Bertz CT molecular complexity index is 563. The minimum absolute atomic E-state index is 0.373. The van der Waals surface area contributed by atoms with Crippen LogP contribution in [0.2, 0.25) is 0 Å². The quantitative estimate of drug-likeness (QED) is 0.675. The van der Waals surface area contributed by atoms with E-state index in [0.29, 0.717) is 11.8 Å². The summed E-state index contributed by atoms with van der Waals surface area (Å²) in [5.41, 5.74) is 6.00. The molecule has 3 rings (SSSR count). The summed E-state index contributed by atoms with van der Waals surface area (Å²) in [4.78, 5) is 0. The van der Waals surface area contributed by atoms with Gasteiger partial charge in [0.1, 0.15) is 0 Å². The van der Waals surface area contributed by atoms with Crippen LogP contribution < -0.4 is 0 Å². The van der Waals surface area contributed by atoms with Gasteiger partial charge in [-0.25, -0.2) is 0 Å². The van der Waals surface area contributed by atoms with Crippen LogP contribution in [-0.2, 0) is 0 Å². The molecule has 2 aliphatic carbocycles. The monoisotopic (exact) mass is 244 g/mol. The molecule has 0 atom stereocenters. The molecule has 0 saturated heterocycles. The molecule has 0 bridgehead atoms. The maximum absolute atomic E-state index is 3.51. The van der Waals surface area contributed by atoms with Crippen LogP contribution in [0, 0.1) is 11.8 Å². The van der Waals surface area contributed by atoms with Gasteiger partial charge in [-0.2, -0.15) is 0 Å². The summed E-state index contributed by atoms with van der Waals surface area (Å²) >= 11 is 0. The Labute approximate surface area is 114 Å². The zero-order valence-corrected chi connectivity index (χ0v) is 10.7. The maximum Gasteiger partial charge on any atom is 0.0248 e. The van der Waals surface area contributed by atoms with E-state index in [-0.39, 0.29) is 0 Å². The Hall–Kier alpha value is -2.30. The molecular formula is C19H16. The fourth-order valence-corrected chi connectivity index (χ4v) is 2.41. The highest BCUT2D eigenvalue weighted by atomic mass is 14.2. The van der Waals surface area contributed by atoms with Gasteiger partial charge in [0, 0.05) is 11.8 Å². The van der Waals surface area contributed by atoms with E-state index in [1.807, 2.05) is 6.07 Å². The van der Waals surface area contributed by atoms with Gasteiger partial charge in [0.25, 0.3) is 0 Å². The molecule has 1 aromatic carbocycles. The third kappa shape index (κ3) is 2.76. The molecule has 0 spiro atoms. The van der Waals surface area contributed by atoms with Gasteiger partial charge in [-0.15, -0.1) is 5.73 Å². The van der Waals surface area contributed by atoms with E-state index < -0.39 is 0 Å². The first kappa shape index (κ1) is 11.8. The van der Waals surface area contributed by atoms with Gasteiger partial charge in [-0.1, -0.05) is 78.9 Å². The van der Waals surface area contributed by atoms with E-state index in [1.54, 1.807) is 0 Å². The Morgan fingerprint density at radius 3 is 1.84 bits per heavy atom. The lowest BCUT2D eigenvalue weighted by atomic mass is 9.90. The van der Waals surface area contributed by atoms with Crippen molar-refractivity contribution < 1.29 is 0 Å². The van der Waals surface area contributed by atoms with Crippen LogP contribution in [0.5, 0.6) is 0 Å². The number of hydrogen-bond donors (Lipinski definition) is 0. The lowest BCUT2D eigenvalue weighted by Crippen LogP contribution is -2.03. The van der Waals surface area contributed by atoms with Crippen molar-refractivity contribution in [3.05, 3.63) is 95.8 Å². The molecule has 0 heterocycles. The van der Waals surface area contributed by atoms with E-state index in [0.717, 1.165) is 0 Å². The van der Waals surface area contributed by atoms with Crippen LogP contribution in [0.4, 0.5) is 0 Å². The van der Waals surface area contributed by atoms with Gasteiger partial charge in [-0.05, 0) is 17.2 Å². The van der Waals surface area contributed by atoms with E-state index in [4.69, 9.17) is 0 Å². The second-order valence-electron chi connectivity index (χ2n) is 4.75. The Balaban J connectivity index is 1.96. The van der Waals surface area contributed by atoms with Gasteiger partial charge in [-0.3, -0.25) is 0 Å². The topological polar surface area (TPSA) is 0 Å². The molecule has 0 N–H and O–H groups in total. The van der Waals surface area contributed by atoms with Crippen molar-refractivity contribution >= 4 is 6.08 Å². The summed E-state index contributed by atoms with van der Waals surface area (Å²) in [5, 5.41) is 0. The van der Waals surface area contributed by atoms with Crippen molar-refractivity contribution in [1.29, 1.82) is 0 Å². The van der Waals surface area contributed by atoms with Crippen LogP contribution in [0.3, 0.4) is 0 Å². The SMILES string of the molecule is C(=Cc1ccccc1)=C(C1C=CC=C1)C1C=CC=C1. The highest BCUT2D eigenvalue weighted by Crippen LogP contribution is 2.29. The van der Waals surface area contributed by atoms with Crippen LogP contribution in [0.25, 0.3) is 6.08 Å². The summed E-state index contributed by atoms with van der Waals surface area (Å²) < 4.78 is 0. The molecule has 19 heavy (non-hydrogen) atoms. The molecule has 0 radical (unpaired) electrons. The van der Waals surface area contributed by atoms with Crippen LogP contribution in [-0.4, -0.2) is 0 Å². The Morgan fingerprint density at radius 1 is 0.789 bits per heavy atom. The second kappa shape index (κ2) is 5.56. The van der Waals surface area contributed by atoms with Crippen molar-refractivity contribution in [3.8, 4) is 0 Å². The third-order valence-corrected chi connectivity index (χ3v) is 3.42. The predicted molar refractivity (Wildman–Crippen MR) is 81.5 cm³/mol. The highest BCUT2D eigenvalue weighted by molar-refractivity contribution is 5.51. The lowest BCUT2D eigenvalue weighted by Gasteiger charge is -2.13. The molecule has 0 heteroatoms. The molecule has 2 aliphatic rings. The smallest absolute Gasteiger partial charge is 0.0248 e. The maximum atomic E-state index is 3.51. The van der Waals surface area contributed by atoms with Crippen LogP contribution in [0.15, 0.2) is 90.2 Å². The first-order chi connectivity index (χ1) is 9.43. The Kier molecular flexibility index (Phi) is 3.45. The predicted octanol–water partition coefficient (Wildman–Crippen LogP) is 4.71. The number of rotatable bonds is 3. The summed E-state index contributed by atoms with van der Waals surface area (Å²) in [5.74, 6) is 0.745. The van der Waals surface area contributed by atoms with Gasteiger partial charge < -0.3 is 0 Å². The first-order valence-corrected chi connectivity index (χ1v) is 6.65. The zero-order chi connectivity index (χ0) is 12.9. The van der Waals surface area contributed by atoms with Crippen molar-refractivity contribution in [2.24, 2.45) is 11.8 Å². The fourth-order valence-electron chi connectivity index (χ4n) is 2.41. The normalized spacial score (nSPS) is 17.1. The summed E-state index contributed by atoms with van der Waals surface area (Å²) in [6.45, 7) is 0. The minimum Gasteiger partial charge on any atom is -0.119 e.